The van der Waals surface area contributed by atoms with Crippen LogP contribution in [0, 0.1) is 0 Å². The van der Waals surface area contributed by atoms with Crippen LogP contribution in [0.15, 0.2) is 57.4 Å². The molecule has 0 spiro atoms. The number of rotatable bonds is 3. The quantitative estimate of drug-likeness (QED) is 0.543. The summed E-state index contributed by atoms with van der Waals surface area (Å²) in [5.41, 5.74) is 0.948. The number of fused-ring (bicyclic) bond motifs is 1. The number of hydrogen-bond donors (Lipinski definition) is 1. The number of aromatic nitrogens is 2. The van der Waals surface area contributed by atoms with Crippen LogP contribution in [-0.2, 0) is 0 Å². The van der Waals surface area contributed by atoms with Gasteiger partial charge >= 0.3 is 6.01 Å². The lowest BCUT2D eigenvalue weighted by molar-refractivity contribution is 0.102. The Balaban J connectivity index is 1.57. The van der Waals surface area contributed by atoms with Crippen molar-refractivity contribution in [3.8, 4) is 11.7 Å². The zero-order valence-corrected chi connectivity index (χ0v) is 14.0. The maximum atomic E-state index is 12.2. The van der Waals surface area contributed by atoms with Crippen LogP contribution in [0.3, 0.4) is 0 Å². The third kappa shape index (κ3) is 3.09. The fourth-order valence-corrected chi connectivity index (χ4v) is 2.79. The second kappa shape index (κ2) is 6.23. The molecule has 0 saturated carbocycles. The highest BCUT2D eigenvalue weighted by Crippen LogP contribution is 2.28. The second-order valence-electron chi connectivity index (χ2n) is 5.14. The minimum atomic E-state index is -0.485. The summed E-state index contributed by atoms with van der Waals surface area (Å²) >= 11 is 11.8. The van der Waals surface area contributed by atoms with Gasteiger partial charge in [-0.1, -0.05) is 46.5 Å². The van der Waals surface area contributed by atoms with Crippen LogP contribution in [0.5, 0.6) is 0 Å². The van der Waals surface area contributed by atoms with Gasteiger partial charge in [0.2, 0.25) is 0 Å². The van der Waals surface area contributed by atoms with Gasteiger partial charge in [0.05, 0.1) is 10.6 Å². The van der Waals surface area contributed by atoms with E-state index in [4.69, 9.17) is 32.0 Å². The van der Waals surface area contributed by atoms with Gasteiger partial charge in [-0.2, -0.15) is 0 Å². The molecule has 0 aliphatic heterocycles. The molecule has 124 valence electrons. The molecular weight excluding hydrogens is 365 g/mol. The van der Waals surface area contributed by atoms with Crippen LogP contribution in [0.25, 0.3) is 22.6 Å². The largest absolute Gasteiger partial charge is 0.451 e. The average Bonchev–Trinajstić information content (AvgIpc) is 3.20. The summed E-state index contributed by atoms with van der Waals surface area (Å²) in [5, 5.41) is 11.7. The number of carbonyl (C=O) groups is 1. The van der Waals surface area contributed by atoms with Crippen molar-refractivity contribution >= 4 is 46.1 Å². The lowest BCUT2D eigenvalue weighted by atomic mass is 10.2. The van der Waals surface area contributed by atoms with Crippen molar-refractivity contribution in [2.45, 2.75) is 0 Å². The van der Waals surface area contributed by atoms with Crippen LogP contribution in [-0.4, -0.2) is 16.1 Å². The Hall–Kier alpha value is -2.83. The molecule has 0 aliphatic rings. The van der Waals surface area contributed by atoms with E-state index in [9.17, 15) is 4.79 Å². The van der Waals surface area contributed by atoms with Gasteiger partial charge in [0.1, 0.15) is 5.58 Å². The first-order chi connectivity index (χ1) is 12.1. The Morgan fingerprint density at radius 3 is 2.64 bits per heavy atom. The summed E-state index contributed by atoms with van der Waals surface area (Å²) in [6, 6.07) is 13.8. The van der Waals surface area contributed by atoms with Crippen LogP contribution < -0.4 is 5.32 Å². The lowest BCUT2D eigenvalue weighted by Gasteiger charge is -2.03. The van der Waals surface area contributed by atoms with Gasteiger partial charge in [0.25, 0.3) is 11.8 Å². The first-order valence-corrected chi connectivity index (χ1v) is 7.94. The van der Waals surface area contributed by atoms with E-state index in [1.807, 2.05) is 24.3 Å². The van der Waals surface area contributed by atoms with Crippen LogP contribution in [0.1, 0.15) is 10.4 Å². The Bertz CT molecular complexity index is 1050. The van der Waals surface area contributed by atoms with E-state index >= 15 is 0 Å². The number of nitrogens with one attached hydrogen (secondary N) is 1. The highest BCUT2D eigenvalue weighted by Gasteiger charge is 2.17. The molecule has 25 heavy (non-hydrogen) atoms. The van der Waals surface area contributed by atoms with E-state index < -0.39 is 5.91 Å². The molecule has 4 aromatic rings. The number of anilines is 1. The maximum absolute atomic E-state index is 12.2. The van der Waals surface area contributed by atoms with Crippen LogP contribution in [0.2, 0.25) is 10.0 Å². The summed E-state index contributed by atoms with van der Waals surface area (Å²) in [5.74, 6) is 0.0916. The van der Waals surface area contributed by atoms with Crippen molar-refractivity contribution in [3.05, 3.63) is 64.1 Å². The predicted octanol–water partition coefficient (Wildman–Crippen LogP) is 5.04. The van der Waals surface area contributed by atoms with Crippen LogP contribution >= 0.6 is 23.2 Å². The summed E-state index contributed by atoms with van der Waals surface area (Å²) < 4.78 is 11.1. The first-order valence-electron chi connectivity index (χ1n) is 7.19. The third-order valence-corrected chi connectivity index (χ3v) is 4.01. The molecule has 1 amide bonds. The molecule has 8 heteroatoms. The highest BCUT2D eigenvalue weighted by molar-refractivity contribution is 6.37. The number of carbonyl (C=O) groups excluding carboxylic acids is 1. The predicted molar refractivity (Wildman–Crippen MR) is 93.9 cm³/mol. The standard InChI is InChI=1S/C17H9Cl2N3O3/c18-10-5-6-11(12(19)8-10)15(23)20-17-22-21-16(25-17)14-7-9-3-1-2-4-13(9)24-14/h1-8H,(H,20,22,23). The van der Waals surface area contributed by atoms with Gasteiger partial charge in [-0.3, -0.25) is 10.1 Å². The molecule has 6 nitrogen and oxygen atoms in total. The van der Waals surface area contributed by atoms with Gasteiger partial charge < -0.3 is 8.83 Å². The maximum Gasteiger partial charge on any atom is 0.322 e. The minimum absolute atomic E-state index is 0.0635. The lowest BCUT2D eigenvalue weighted by Crippen LogP contribution is -2.12. The van der Waals surface area contributed by atoms with Crippen molar-refractivity contribution < 1.29 is 13.6 Å². The number of para-hydroxylation sites is 1. The van der Waals surface area contributed by atoms with Gasteiger partial charge in [-0.05, 0) is 30.3 Å². The number of furan rings is 1. The van der Waals surface area contributed by atoms with E-state index in [1.165, 1.54) is 12.1 Å². The van der Waals surface area contributed by atoms with Crippen molar-refractivity contribution in [3.63, 3.8) is 0 Å². The minimum Gasteiger partial charge on any atom is -0.451 e. The van der Waals surface area contributed by atoms with Crippen LogP contribution in [0.4, 0.5) is 6.01 Å². The van der Waals surface area contributed by atoms with E-state index in [0.29, 0.717) is 16.4 Å². The summed E-state index contributed by atoms with van der Waals surface area (Å²) in [4.78, 5) is 12.2. The molecule has 0 fully saturated rings. The second-order valence-corrected chi connectivity index (χ2v) is 5.98. The SMILES string of the molecule is O=C(Nc1nnc(-c2cc3ccccc3o2)o1)c1ccc(Cl)cc1Cl. The summed E-state index contributed by atoms with van der Waals surface area (Å²) in [6.45, 7) is 0. The van der Waals surface area contributed by atoms with Gasteiger partial charge in [0.15, 0.2) is 5.76 Å². The third-order valence-electron chi connectivity index (χ3n) is 3.46. The van der Waals surface area contributed by atoms with E-state index in [0.717, 1.165) is 5.39 Å². The number of benzene rings is 2. The smallest absolute Gasteiger partial charge is 0.322 e. The molecule has 0 unspecified atom stereocenters. The molecule has 0 saturated heterocycles. The molecule has 0 atom stereocenters. The highest BCUT2D eigenvalue weighted by atomic mass is 35.5. The first kappa shape index (κ1) is 15.7. The molecule has 2 aromatic carbocycles. The van der Waals surface area contributed by atoms with E-state index in [-0.39, 0.29) is 22.5 Å². The summed E-state index contributed by atoms with van der Waals surface area (Å²) in [7, 11) is 0. The number of hydrogen-bond acceptors (Lipinski definition) is 5. The number of nitrogens with zero attached hydrogens (tertiary/aromatic N) is 2. The Morgan fingerprint density at radius 2 is 1.84 bits per heavy atom. The van der Waals surface area contributed by atoms with Gasteiger partial charge in [0, 0.05) is 10.4 Å². The summed E-state index contributed by atoms with van der Waals surface area (Å²) in [6.07, 6.45) is 0. The Morgan fingerprint density at radius 1 is 1.00 bits per heavy atom. The number of amides is 1. The fourth-order valence-electron chi connectivity index (χ4n) is 2.30. The van der Waals surface area contributed by atoms with Gasteiger partial charge in [-0.25, -0.2) is 0 Å². The van der Waals surface area contributed by atoms with E-state index in [2.05, 4.69) is 15.5 Å². The Kier molecular flexibility index (Phi) is 3.91. The fraction of sp³-hybridized carbons (Fsp3) is 0. The van der Waals surface area contributed by atoms with Crippen molar-refractivity contribution in [1.82, 2.24) is 10.2 Å². The molecule has 0 bridgehead atoms. The Labute approximate surface area is 151 Å². The monoisotopic (exact) mass is 373 g/mol. The van der Waals surface area contributed by atoms with E-state index in [1.54, 1.807) is 12.1 Å². The van der Waals surface area contributed by atoms with Gasteiger partial charge in [-0.15, -0.1) is 5.10 Å². The topological polar surface area (TPSA) is 81.2 Å². The zero-order chi connectivity index (χ0) is 17.4. The molecule has 2 aromatic heterocycles. The van der Waals surface area contributed by atoms with Crippen molar-refractivity contribution in [1.29, 1.82) is 0 Å². The number of halogens is 2. The molecule has 0 radical (unpaired) electrons. The average molecular weight is 374 g/mol. The molecule has 1 N–H and O–H groups in total. The molecular formula is C17H9Cl2N3O3. The van der Waals surface area contributed by atoms with Crippen molar-refractivity contribution in [2.75, 3.05) is 5.32 Å². The van der Waals surface area contributed by atoms with Crippen molar-refractivity contribution in [2.24, 2.45) is 0 Å². The zero-order valence-electron chi connectivity index (χ0n) is 12.5. The molecule has 4 rings (SSSR count). The normalized spacial score (nSPS) is 11.0. The molecule has 0 aliphatic carbocycles. The molecule has 2 heterocycles.